The van der Waals surface area contributed by atoms with Crippen molar-refractivity contribution in [2.45, 2.75) is 72.1 Å². The lowest BCUT2D eigenvalue weighted by molar-refractivity contribution is -0.0299. The molecule has 0 amide bonds. The number of fused-ring (bicyclic) bond motifs is 2. The molecule has 1 heterocycles. The smallest absolute Gasteiger partial charge is 0.117 e. The minimum atomic E-state index is -0.143. The molecule has 152 valence electrons. The van der Waals surface area contributed by atoms with Crippen LogP contribution in [0.5, 0.6) is 0 Å². The normalized spacial score (nSPS) is 13.5. The van der Waals surface area contributed by atoms with Gasteiger partial charge in [0.2, 0.25) is 0 Å². The first-order valence-corrected chi connectivity index (χ1v) is 10.3. The van der Waals surface area contributed by atoms with Gasteiger partial charge in [-0.1, -0.05) is 36.4 Å². The molecule has 2 aromatic carbocycles. The van der Waals surface area contributed by atoms with Crippen molar-refractivity contribution in [2.24, 2.45) is 0 Å². The van der Waals surface area contributed by atoms with E-state index in [1.165, 1.54) is 21.9 Å². The molecule has 0 fully saturated rings. The summed E-state index contributed by atoms with van der Waals surface area (Å²) in [7, 11) is 1.75. The molecular formula is C23H33N3O2. The molecule has 0 saturated heterocycles. The summed E-state index contributed by atoms with van der Waals surface area (Å²) in [6.07, 6.45) is 3.01. The van der Waals surface area contributed by atoms with Crippen molar-refractivity contribution in [2.75, 3.05) is 13.7 Å². The first-order chi connectivity index (χ1) is 13.4. The third kappa shape index (κ3) is 4.20. The summed E-state index contributed by atoms with van der Waals surface area (Å²) in [5, 5.41) is 11.5. The van der Waals surface area contributed by atoms with Crippen molar-refractivity contribution >= 4 is 21.8 Å². The van der Waals surface area contributed by atoms with Crippen LogP contribution in [0.15, 0.2) is 24.3 Å². The number of nitrogens with zero attached hydrogens (tertiary/aromatic N) is 3. The van der Waals surface area contributed by atoms with Crippen molar-refractivity contribution in [1.82, 2.24) is 15.0 Å². The molecule has 1 aromatic heterocycles. The van der Waals surface area contributed by atoms with Crippen LogP contribution in [-0.4, -0.2) is 40.4 Å². The average Bonchev–Trinajstić information content (AvgIpc) is 3.13. The molecular weight excluding hydrogens is 350 g/mol. The number of benzene rings is 2. The first-order valence-electron chi connectivity index (χ1n) is 10.3. The summed E-state index contributed by atoms with van der Waals surface area (Å²) in [5.41, 5.74) is 4.46. The second-order valence-corrected chi connectivity index (χ2v) is 8.21. The van der Waals surface area contributed by atoms with E-state index in [2.05, 4.69) is 73.9 Å². The third-order valence-corrected chi connectivity index (χ3v) is 5.91. The Bertz CT molecular complexity index is 946. The Kier molecular flexibility index (Phi) is 6.36. The van der Waals surface area contributed by atoms with E-state index < -0.39 is 0 Å². The standard InChI is InChI=1S/C23H33N3O2/c1-7-18(28-15-13-23(4,5)27-6)12-14-26-22-17(3)20-11-9-8-10-19(20)16(2)21(22)24-25-26/h8-11,18H,7,12-15H2,1-6H3. The van der Waals surface area contributed by atoms with Gasteiger partial charge < -0.3 is 9.47 Å². The van der Waals surface area contributed by atoms with E-state index in [-0.39, 0.29) is 11.7 Å². The summed E-state index contributed by atoms with van der Waals surface area (Å²) in [4.78, 5) is 0. The number of methoxy groups -OCH3 is 1. The highest BCUT2D eigenvalue weighted by Gasteiger charge is 2.18. The number of aryl methyl sites for hydroxylation is 3. The Balaban J connectivity index is 1.75. The zero-order valence-electron chi connectivity index (χ0n) is 18.1. The van der Waals surface area contributed by atoms with Crippen LogP contribution in [0.4, 0.5) is 0 Å². The van der Waals surface area contributed by atoms with Crippen LogP contribution in [0.25, 0.3) is 21.8 Å². The average molecular weight is 384 g/mol. The van der Waals surface area contributed by atoms with Gasteiger partial charge in [-0.2, -0.15) is 0 Å². The van der Waals surface area contributed by atoms with Crippen molar-refractivity contribution in [3.8, 4) is 0 Å². The van der Waals surface area contributed by atoms with Crippen LogP contribution in [0.3, 0.4) is 0 Å². The number of hydrogen-bond acceptors (Lipinski definition) is 4. The maximum Gasteiger partial charge on any atom is 0.117 e. The molecule has 0 spiro atoms. The largest absolute Gasteiger partial charge is 0.379 e. The van der Waals surface area contributed by atoms with Crippen LogP contribution in [0, 0.1) is 13.8 Å². The van der Waals surface area contributed by atoms with E-state index in [9.17, 15) is 0 Å². The second kappa shape index (κ2) is 8.58. The molecule has 5 heteroatoms. The Morgan fingerprint density at radius 1 is 1.11 bits per heavy atom. The van der Waals surface area contributed by atoms with E-state index in [4.69, 9.17) is 9.47 Å². The van der Waals surface area contributed by atoms with Gasteiger partial charge >= 0.3 is 0 Å². The molecule has 5 nitrogen and oxygen atoms in total. The van der Waals surface area contributed by atoms with E-state index in [1.807, 2.05) is 0 Å². The molecule has 0 saturated carbocycles. The Labute approximate surface area is 168 Å². The fourth-order valence-corrected chi connectivity index (χ4v) is 3.73. The molecule has 0 aliphatic carbocycles. The van der Waals surface area contributed by atoms with Crippen molar-refractivity contribution in [1.29, 1.82) is 0 Å². The highest BCUT2D eigenvalue weighted by atomic mass is 16.5. The maximum atomic E-state index is 6.12. The summed E-state index contributed by atoms with van der Waals surface area (Å²) in [6.45, 7) is 12.2. The first kappa shape index (κ1) is 20.7. The molecule has 0 N–H and O–H groups in total. The quantitative estimate of drug-likeness (QED) is 0.509. The molecule has 3 aromatic rings. The molecule has 0 aliphatic rings. The molecule has 1 atom stereocenters. The van der Waals surface area contributed by atoms with Crippen LogP contribution >= 0.6 is 0 Å². The van der Waals surface area contributed by atoms with Crippen LogP contribution < -0.4 is 0 Å². The topological polar surface area (TPSA) is 49.2 Å². The number of hydrogen-bond donors (Lipinski definition) is 0. The zero-order chi connectivity index (χ0) is 20.3. The fourth-order valence-electron chi connectivity index (χ4n) is 3.73. The monoisotopic (exact) mass is 383 g/mol. The van der Waals surface area contributed by atoms with E-state index >= 15 is 0 Å². The highest BCUT2D eigenvalue weighted by molar-refractivity contribution is 6.02. The second-order valence-electron chi connectivity index (χ2n) is 8.21. The van der Waals surface area contributed by atoms with Crippen molar-refractivity contribution < 1.29 is 9.47 Å². The zero-order valence-corrected chi connectivity index (χ0v) is 18.1. The van der Waals surface area contributed by atoms with Gasteiger partial charge in [-0.05, 0) is 68.9 Å². The van der Waals surface area contributed by atoms with Gasteiger partial charge in [0.25, 0.3) is 0 Å². The SMILES string of the molecule is CCC(CCn1nnc2c(C)c3ccccc3c(C)c21)OCCC(C)(C)OC. The van der Waals surface area contributed by atoms with Gasteiger partial charge in [0.1, 0.15) is 5.52 Å². The van der Waals surface area contributed by atoms with Crippen molar-refractivity contribution in [3.63, 3.8) is 0 Å². The van der Waals surface area contributed by atoms with E-state index in [0.29, 0.717) is 6.61 Å². The lowest BCUT2D eigenvalue weighted by atomic mass is 9.99. The van der Waals surface area contributed by atoms with Gasteiger partial charge in [-0.3, -0.25) is 0 Å². The molecule has 28 heavy (non-hydrogen) atoms. The van der Waals surface area contributed by atoms with Gasteiger partial charge in [0.05, 0.1) is 17.2 Å². The number of rotatable bonds is 9. The molecule has 3 rings (SSSR count). The Morgan fingerprint density at radius 2 is 1.79 bits per heavy atom. The fraction of sp³-hybridized carbons (Fsp3) is 0.565. The minimum absolute atomic E-state index is 0.143. The van der Waals surface area contributed by atoms with E-state index in [1.54, 1.807) is 7.11 Å². The summed E-state index contributed by atoms with van der Waals surface area (Å²) < 4.78 is 13.7. The highest BCUT2D eigenvalue weighted by Crippen LogP contribution is 2.30. The predicted octanol–water partition coefficient (Wildman–Crippen LogP) is 5.20. The third-order valence-electron chi connectivity index (χ3n) is 5.91. The van der Waals surface area contributed by atoms with Gasteiger partial charge in [0, 0.05) is 20.3 Å². The maximum absolute atomic E-state index is 6.12. The lowest BCUT2D eigenvalue weighted by Crippen LogP contribution is -2.26. The molecule has 0 bridgehead atoms. The lowest BCUT2D eigenvalue weighted by Gasteiger charge is -2.24. The van der Waals surface area contributed by atoms with Gasteiger partial charge in [0.15, 0.2) is 0 Å². The summed E-state index contributed by atoms with van der Waals surface area (Å²) in [6, 6.07) is 8.53. The molecule has 1 unspecified atom stereocenters. The Morgan fingerprint density at radius 3 is 2.43 bits per heavy atom. The molecule has 0 aliphatic heterocycles. The minimum Gasteiger partial charge on any atom is -0.379 e. The van der Waals surface area contributed by atoms with Crippen LogP contribution in [-0.2, 0) is 16.0 Å². The Hall–Kier alpha value is -1.98. The van der Waals surface area contributed by atoms with Gasteiger partial charge in [-0.25, -0.2) is 4.68 Å². The van der Waals surface area contributed by atoms with Gasteiger partial charge in [-0.15, -0.1) is 5.10 Å². The number of ether oxygens (including phenoxy) is 2. The van der Waals surface area contributed by atoms with E-state index in [0.717, 1.165) is 36.8 Å². The van der Waals surface area contributed by atoms with Crippen LogP contribution in [0.2, 0.25) is 0 Å². The summed E-state index contributed by atoms with van der Waals surface area (Å²) >= 11 is 0. The molecule has 0 radical (unpaired) electrons. The number of aromatic nitrogens is 3. The van der Waals surface area contributed by atoms with Crippen LogP contribution in [0.1, 0.15) is 51.2 Å². The van der Waals surface area contributed by atoms with Crippen molar-refractivity contribution in [3.05, 3.63) is 35.4 Å². The predicted molar refractivity (Wildman–Crippen MR) is 115 cm³/mol. The summed E-state index contributed by atoms with van der Waals surface area (Å²) in [5.74, 6) is 0.